The van der Waals surface area contributed by atoms with Crippen molar-refractivity contribution < 1.29 is 9.21 Å². The van der Waals surface area contributed by atoms with Crippen LogP contribution in [0.5, 0.6) is 0 Å². The van der Waals surface area contributed by atoms with Crippen LogP contribution in [0.2, 0.25) is 0 Å². The standard InChI is InChI=1S/C25H17N3O2S/c29-22(12-18-11-21(28-27-18)23-5-3-7-30-23)16-8-17-13-26-14-20(17)19(9-16)25-10-15-4-1-2-6-24(15)31-25/h1-11,13H,12,14H2,(H,27,28). The second-order valence-electron chi connectivity index (χ2n) is 7.57. The Morgan fingerprint density at radius 1 is 1.10 bits per heavy atom. The summed E-state index contributed by atoms with van der Waals surface area (Å²) in [5, 5.41) is 8.44. The maximum atomic E-state index is 13.2. The van der Waals surface area contributed by atoms with E-state index in [-0.39, 0.29) is 12.2 Å². The third-order valence-corrected chi connectivity index (χ3v) is 6.68. The van der Waals surface area contributed by atoms with E-state index in [1.807, 2.05) is 42.6 Å². The fourth-order valence-corrected chi connectivity index (χ4v) is 5.10. The lowest BCUT2D eigenvalue weighted by Gasteiger charge is -2.09. The van der Waals surface area contributed by atoms with Crippen LogP contribution in [-0.2, 0) is 13.0 Å². The number of aliphatic imine (C=N–C) groups is 1. The number of benzene rings is 2. The molecule has 0 atom stereocenters. The highest BCUT2D eigenvalue weighted by Gasteiger charge is 2.20. The smallest absolute Gasteiger partial charge is 0.168 e. The minimum atomic E-state index is 0.0418. The molecule has 0 aliphatic carbocycles. The van der Waals surface area contributed by atoms with E-state index in [9.17, 15) is 4.79 Å². The van der Waals surface area contributed by atoms with E-state index in [1.165, 1.54) is 20.5 Å². The van der Waals surface area contributed by atoms with Gasteiger partial charge >= 0.3 is 0 Å². The molecule has 1 aliphatic rings. The third kappa shape index (κ3) is 3.21. The van der Waals surface area contributed by atoms with Crippen molar-refractivity contribution in [3.05, 3.63) is 89.3 Å². The van der Waals surface area contributed by atoms with Crippen LogP contribution in [0.4, 0.5) is 0 Å². The molecule has 0 saturated carbocycles. The molecule has 1 N–H and O–H groups in total. The number of aromatic nitrogens is 2. The summed E-state index contributed by atoms with van der Waals surface area (Å²) in [5.41, 5.74) is 5.45. The Labute approximate surface area is 182 Å². The van der Waals surface area contributed by atoms with Crippen LogP contribution >= 0.6 is 11.3 Å². The lowest BCUT2D eigenvalue weighted by Crippen LogP contribution is -2.06. The molecule has 0 radical (unpaired) electrons. The van der Waals surface area contributed by atoms with E-state index < -0.39 is 0 Å². The number of thiophene rings is 1. The number of carbonyl (C=O) groups is 1. The van der Waals surface area contributed by atoms with Crippen LogP contribution in [0.25, 0.3) is 32.0 Å². The number of nitrogens with one attached hydrogen (secondary N) is 1. The molecule has 0 saturated heterocycles. The zero-order valence-electron chi connectivity index (χ0n) is 16.5. The normalized spacial score (nSPS) is 12.5. The summed E-state index contributed by atoms with van der Waals surface area (Å²) in [6.07, 6.45) is 3.72. The van der Waals surface area contributed by atoms with Crippen molar-refractivity contribution in [2.45, 2.75) is 13.0 Å². The summed E-state index contributed by atoms with van der Waals surface area (Å²) in [6, 6.07) is 20.0. The quantitative estimate of drug-likeness (QED) is 0.357. The third-order valence-electron chi connectivity index (χ3n) is 5.53. The molecule has 150 valence electrons. The van der Waals surface area contributed by atoms with Gasteiger partial charge in [-0.05, 0) is 64.5 Å². The fourth-order valence-electron chi connectivity index (χ4n) is 3.99. The largest absolute Gasteiger partial charge is 0.463 e. The monoisotopic (exact) mass is 423 g/mol. The highest BCUT2D eigenvalue weighted by Crippen LogP contribution is 2.38. The molecule has 0 spiro atoms. The summed E-state index contributed by atoms with van der Waals surface area (Å²) < 4.78 is 6.62. The zero-order chi connectivity index (χ0) is 20.8. The average molecular weight is 423 g/mol. The first-order valence-electron chi connectivity index (χ1n) is 10.0. The number of rotatable bonds is 5. The number of hydrogen-bond donors (Lipinski definition) is 1. The van der Waals surface area contributed by atoms with Crippen LogP contribution in [-0.4, -0.2) is 22.2 Å². The molecule has 4 heterocycles. The molecular weight excluding hydrogens is 406 g/mol. The fraction of sp³-hybridized carbons (Fsp3) is 0.0800. The number of carbonyl (C=O) groups excluding carboxylic acids is 1. The molecular formula is C25H17N3O2S. The van der Waals surface area contributed by atoms with E-state index in [0.29, 0.717) is 23.6 Å². The van der Waals surface area contributed by atoms with Gasteiger partial charge in [0.25, 0.3) is 0 Å². The van der Waals surface area contributed by atoms with Crippen LogP contribution in [0.15, 0.2) is 76.3 Å². The Morgan fingerprint density at radius 2 is 2.03 bits per heavy atom. The van der Waals surface area contributed by atoms with Gasteiger partial charge in [0.2, 0.25) is 0 Å². The van der Waals surface area contributed by atoms with E-state index in [2.05, 4.69) is 39.5 Å². The van der Waals surface area contributed by atoms with Crippen LogP contribution in [0, 0.1) is 0 Å². The first-order chi connectivity index (χ1) is 15.2. The van der Waals surface area contributed by atoms with Crippen molar-refractivity contribution in [2.24, 2.45) is 4.99 Å². The van der Waals surface area contributed by atoms with Gasteiger partial charge in [-0.15, -0.1) is 11.3 Å². The number of fused-ring (bicyclic) bond motifs is 2. The molecule has 0 unspecified atom stereocenters. The van der Waals surface area contributed by atoms with Crippen LogP contribution < -0.4 is 0 Å². The molecule has 6 heteroatoms. The summed E-state index contributed by atoms with van der Waals surface area (Å²) in [7, 11) is 0. The first kappa shape index (κ1) is 18.0. The molecule has 5 nitrogen and oxygen atoms in total. The molecule has 0 fully saturated rings. The topological polar surface area (TPSA) is 71.2 Å². The summed E-state index contributed by atoms with van der Waals surface area (Å²) in [6.45, 7) is 0.653. The second kappa shape index (κ2) is 7.18. The Balaban J connectivity index is 1.35. The van der Waals surface area contributed by atoms with Gasteiger partial charge in [0.1, 0.15) is 5.69 Å². The minimum absolute atomic E-state index is 0.0418. The van der Waals surface area contributed by atoms with Gasteiger partial charge < -0.3 is 4.42 Å². The van der Waals surface area contributed by atoms with Gasteiger partial charge in [-0.1, -0.05) is 18.2 Å². The van der Waals surface area contributed by atoms with E-state index in [0.717, 1.165) is 16.8 Å². The predicted molar refractivity (Wildman–Crippen MR) is 123 cm³/mol. The molecule has 1 aliphatic heterocycles. The number of Topliss-reactive ketones (excluding diaryl/α,β-unsaturated/α-hetero) is 1. The van der Waals surface area contributed by atoms with Crippen molar-refractivity contribution in [3.63, 3.8) is 0 Å². The molecule has 31 heavy (non-hydrogen) atoms. The van der Waals surface area contributed by atoms with Crippen LogP contribution in [0.1, 0.15) is 27.2 Å². The van der Waals surface area contributed by atoms with Gasteiger partial charge in [0.05, 0.1) is 19.2 Å². The molecule has 5 aromatic rings. The van der Waals surface area contributed by atoms with Gasteiger partial charge in [-0.3, -0.25) is 14.9 Å². The van der Waals surface area contributed by atoms with Crippen molar-refractivity contribution in [3.8, 4) is 21.9 Å². The Morgan fingerprint density at radius 3 is 2.90 bits per heavy atom. The molecule has 6 rings (SSSR count). The number of hydrogen-bond acceptors (Lipinski definition) is 5. The van der Waals surface area contributed by atoms with Gasteiger partial charge in [0, 0.05) is 27.0 Å². The molecule has 0 amide bonds. The number of nitrogens with zero attached hydrogens (tertiary/aromatic N) is 2. The maximum absolute atomic E-state index is 13.2. The summed E-state index contributed by atoms with van der Waals surface area (Å²) >= 11 is 1.75. The SMILES string of the molecule is O=C(Cc1cc(-c2ccco2)n[nH]1)c1cc2c(c(-c3cc4ccccc4s3)c1)CN=C2. The Bertz CT molecular complexity index is 1420. The average Bonchev–Trinajstić information content (AvgIpc) is 3.58. The first-order valence-corrected chi connectivity index (χ1v) is 10.8. The zero-order valence-corrected chi connectivity index (χ0v) is 17.3. The highest BCUT2D eigenvalue weighted by molar-refractivity contribution is 7.22. The van der Waals surface area contributed by atoms with Crippen LogP contribution in [0.3, 0.4) is 0 Å². The van der Waals surface area contributed by atoms with Gasteiger partial charge in [-0.25, -0.2) is 0 Å². The molecule has 3 aromatic heterocycles. The second-order valence-corrected chi connectivity index (χ2v) is 8.65. The maximum Gasteiger partial charge on any atom is 0.168 e. The van der Waals surface area contributed by atoms with E-state index in [4.69, 9.17) is 4.42 Å². The minimum Gasteiger partial charge on any atom is -0.463 e. The number of ketones is 1. The number of H-pyrrole nitrogens is 1. The predicted octanol–water partition coefficient (Wildman–Crippen LogP) is 5.91. The van der Waals surface area contributed by atoms with Gasteiger partial charge in [0.15, 0.2) is 11.5 Å². The lowest BCUT2D eigenvalue weighted by molar-refractivity contribution is 0.0992. The lowest BCUT2D eigenvalue weighted by atomic mass is 9.95. The Kier molecular flexibility index (Phi) is 4.18. The Hall–Kier alpha value is -3.77. The van der Waals surface area contributed by atoms with E-state index in [1.54, 1.807) is 17.6 Å². The van der Waals surface area contributed by atoms with E-state index >= 15 is 0 Å². The van der Waals surface area contributed by atoms with Gasteiger partial charge in [-0.2, -0.15) is 5.10 Å². The van der Waals surface area contributed by atoms with Crippen molar-refractivity contribution in [1.82, 2.24) is 10.2 Å². The molecule has 0 bridgehead atoms. The number of aromatic amines is 1. The number of furan rings is 1. The molecule has 2 aromatic carbocycles. The van der Waals surface area contributed by atoms with Crippen molar-refractivity contribution in [1.29, 1.82) is 0 Å². The summed E-state index contributed by atoms with van der Waals surface area (Å²) in [5.74, 6) is 0.718. The van der Waals surface area contributed by atoms with Crippen molar-refractivity contribution >= 4 is 33.4 Å². The summed E-state index contributed by atoms with van der Waals surface area (Å²) in [4.78, 5) is 18.8. The highest BCUT2D eigenvalue weighted by atomic mass is 32.1. The van der Waals surface area contributed by atoms with Crippen molar-refractivity contribution in [2.75, 3.05) is 0 Å².